The maximum atomic E-state index is 11.8. The number of aryl methyl sites for hydroxylation is 1. The first kappa shape index (κ1) is 13.0. The Morgan fingerprint density at radius 2 is 2.12 bits per heavy atom. The van der Waals surface area contributed by atoms with E-state index < -0.39 is 17.2 Å². The molecule has 0 aliphatic carbocycles. The number of nitrogens with zero attached hydrogens (tertiary/aromatic N) is 2. The van der Waals surface area contributed by atoms with Gasteiger partial charge < -0.3 is 9.67 Å². The largest absolute Gasteiger partial charge is 0.478 e. The Kier molecular flexibility index (Phi) is 4.03. The molecule has 0 bridgehead atoms. The highest BCUT2D eigenvalue weighted by molar-refractivity contribution is 5.85. The monoisotopic (exact) mass is 238 g/mol. The molecule has 1 N–H and O–H groups in total. The smallest absolute Gasteiger partial charge is 0.332 e. The lowest BCUT2D eigenvalue weighted by Gasteiger charge is -2.08. The molecule has 0 aliphatic heterocycles. The number of carboxylic acids is 1. The van der Waals surface area contributed by atoms with E-state index in [1.807, 2.05) is 6.92 Å². The summed E-state index contributed by atoms with van der Waals surface area (Å²) < 4.78 is 2.24. The summed E-state index contributed by atoms with van der Waals surface area (Å²) in [7, 11) is 0. The van der Waals surface area contributed by atoms with Crippen LogP contribution in [0.4, 0.5) is 0 Å². The molecule has 0 amide bonds. The molecule has 0 aromatic carbocycles. The minimum Gasteiger partial charge on any atom is -0.478 e. The predicted molar refractivity (Wildman–Crippen MR) is 62.0 cm³/mol. The molecule has 17 heavy (non-hydrogen) atoms. The van der Waals surface area contributed by atoms with Crippen molar-refractivity contribution >= 4 is 5.97 Å². The van der Waals surface area contributed by atoms with Gasteiger partial charge in [0, 0.05) is 24.4 Å². The minimum atomic E-state index is -1.22. The van der Waals surface area contributed by atoms with Gasteiger partial charge in [-0.15, -0.1) is 0 Å². The molecule has 0 atom stereocenters. The third-order valence-corrected chi connectivity index (χ3v) is 2.26. The molecule has 1 heterocycles. The van der Waals surface area contributed by atoms with Crippen LogP contribution in [0.25, 0.3) is 0 Å². The molecule has 0 aliphatic rings. The first-order valence-electron chi connectivity index (χ1n) is 5.18. The predicted octanol–water partition coefficient (Wildman–Crippen LogP) is 0.0608. The first-order valence-corrected chi connectivity index (χ1v) is 5.18. The molecule has 6 heteroatoms. The summed E-state index contributed by atoms with van der Waals surface area (Å²) in [5.41, 5.74) is -1.23. The zero-order valence-electron chi connectivity index (χ0n) is 9.55. The van der Waals surface area contributed by atoms with Crippen molar-refractivity contribution in [3.05, 3.63) is 45.3 Å². The van der Waals surface area contributed by atoms with Crippen LogP contribution < -0.4 is 11.2 Å². The summed E-state index contributed by atoms with van der Waals surface area (Å²) in [4.78, 5) is 33.9. The second kappa shape index (κ2) is 5.29. The fraction of sp³-hybridized carbons (Fsp3) is 0.364. The number of hydrogen-bond donors (Lipinski definition) is 1. The molecule has 92 valence electrons. The van der Waals surface area contributed by atoms with E-state index >= 15 is 0 Å². The summed E-state index contributed by atoms with van der Waals surface area (Å²) >= 11 is 0. The molecule has 0 spiro atoms. The van der Waals surface area contributed by atoms with Crippen molar-refractivity contribution in [3.63, 3.8) is 0 Å². The number of carbonyl (C=O) groups is 1. The van der Waals surface area contributed by atoms with Crippen molar-refractivity contribution in [1.82, 2.24) is 9.13 Å². The number of rotatable bonds is 5. The van der Waals surface area contributed by atoms with E-state index in [2.05, 4.69) is 6.58 Å². The van der Waals surface area contributed by atoms with Crippen molar-refractivity contribution < 1.29 is 9.90 Å². The van der Waals surface area contributed by atoms with Gasteiger partial charge in [0.05, 0.1) is 6.54 Å². The van der Waals surface area contributed by atoms with Gasteiger partial charge in [-0.1, -0.05) is 13.5 Å². The van der Waals surface area contributed by atoms with E-state index in [4.69, 9.17) is 5.11 Å². The Hall–Kier alpha value is -2.11. The Balaban J connectivity index is 3.19. The number of aromatic nitrogens is 2. The second-order valence-corrected chi connectivity index (χ2v) is 3.62. The molecule has 0 saturated heterocycles. The van der Waals surface area contributed by atoms with Crippen LogP contribution in [0, 0.1) is 0 Å². The third kappa shape index (κ3) is 2.93. The fourth-order valence-electron chi connectivity index (χ4n) is 1.37. The van der Waals surface area contributed by atoms with Crippen molar-refractivity contribution in [2.75, 3.05) is 0 Å². The maximum absolute atomic E-state index is 11.8. The molecule has 1 rings (SSSR count). The topological polar surface area (TPSA) is 81.3 Å². The standard InChI is InChI=1S/C11H14N2O4/c1-3-5-12-6-4-9(14)13(11(12)17)7-8(2)10(15)16/h4,6H,2-3,5,7H2,1H3,(H,15,16). The van der Waals surface area contributed by atoms with Crippen molar-refractivity contribution in [2.45, 2.75) is 26.4 Å². The lowest BCUT2D eigenvalue weighted by Crippen LogP contribution is -2.39. The van der Waals surface area contributed by atoms with E-state index in [0.29, 0.717) is 6.54 Å². The van der Waals surface area contributed by atoms with Crippen LogP contribution in [-0.4, -0.2) is 20.2 Å². The molecule has 1 aromatic rings. The second-order valence-electron chi connectivity index (χ2n) is 3.62. The summed E-state index contributed by atoms with van der Waals surface area (Å²) in [6, 6.07) is 1.24. The normalized spacial score (nSPS) is 10.2. The maximum Gasteiger partial charge on any atom is 0.332 e. The SMILES string of the molecule is C=C(Cn1c(=O)ccn(CCC)c1=O)C(=O)O. The lowest BCUT2D eigenvalue weighted by atomic mass is 10.3. The van der Waals surface area contributed by atoms with E-state index in [0.717, 1.165) is 11.0 Å². The fourth-order valence-corrected chi connectivity index (χ4v) is 1.37. The molecular formula is C11H14N2O4. The molecule has 6 nitrogen and oxygen atoms in total. The van der Waals surface area contributed by atoms with Gasteiger partial charge in [-0.3, -0.25) is 9.36 Å². The van der Waals surface area contributed by atoms with E-state index in [9.17, 15) is 14.4 Å². The van der Waals surface area contributed by atoms with Crippen molar-refractivity contribution in [3.8, 4) is 0 Å². The van der Waals surface area contributed by atoms with E-state index in [-0.39, 0.29) is 12.1 Å². The first-order chi connectivity index (χ1) is 7.97. The highest BCUT2D eigenvalue weighted by Gasteiger charge is 2.10. The van der Waals surface area contributed by atoms with Gasteiger partial charge in [-0.05, 0) is 6.42 Å². The van der Waals surface area contributed by atoms with Crippen LogP contribution in [0.5, 0.6) is 0 Å². The summed E-state index contributed by atoms with van der Waals surface area (Å²) in [6.07, 6.45) is 2.16. The molecular weight excluding hydrogens is 224 g/mol. The van der Waals surface area contributed by atoms with Gasteiger partial charge in [-0.25, -0.2) is 9.59 Å². The van der Waals surface area contributed by atoms with Crippen LogP contribution in [0.15, 0.2) is 34.0 Å². The zero-order valence-corrected chi connectivity index (χ0v) is 9.55. The van der Waals surface area contributed by atoms with Gasteiger partial charge in [0.1, 0.15) is 0 Å². The highest BCUT2D eigenvalue weighted by Crippen LogP contribution is 1.92. The van der Waals surface area contributed by atoms with Crippen LogP contribution in [0.3, 0.4) is 0 Å². The minimum absolute atomic E-state index is 0.196. The van der Waals surface area contributed by atoms with Gasteiger partial charge in [-0.2, -0.15) is 0 Å². The average Bonchev–Trinajstić information content (AvgIpc) is 2.28. The van der Waals surface area contributed by atoms with Gasteiger partial charge in [0.2, 0.25) is 0 Å². The van der Waals surface area contributed by atoms with Gasteiger partial charge in [0.15, 0.2) is 0 Å². The number of carboxylic acid groups (broad SMARTS) is 1. The lowest BCUT2D eigenvalue weighted by molar-refractivity contribution is -0.132. The summed E-state index contributed by atoms with van der Waals surface area (Å²) in [6.45, 7) is 5.39. The zero-order chi connectivity index (χ0) is 13.0. The highest BCUT2D eigenvalue weighted by atomic mass is 16.4. The van der Waals surface area contributed by atoms with Crippen LogP contribution in [-0.2, 0) is 17.9 Å². The van der Waals surface area contributed by atoms with Crippen LogP contribution in [0.2, 0.25) is 0 Å². The van der Waals surface area contributed by atoms with Crippen LogP contribution >= 0.6 is 0 Å². The molecule has 0 unspecified atom stereocenters. The average molecular weight is 238 g/mol. The third-order valence-electron chi connectivity index (χ3n) is 2.26. The van der Waals surface area contributed by atoms with Gasteiger partial charge >= 0.3 is 11.7 Å². The summed E-state index contributed by atoms with van der Waals surface area (Å²) in [5, 5.41) is 8.67. The Morgan fingerprint density at radius 3 is 2.65 bits per heavy atom. The summed E-state index contributed by atoms with van der Waals surface area (Å²) in [5.74, 6) is -1.22. The van der Waals surface area contributed by atoms with E-state index in [1.54, 1.807) is 0 Å². The molecule has 0 saturated carbocycles. The molecule has 0 fully saturated rings. The van der Waals surface area contributed by atoms with E-state index in [1.165, 1.54) is 16.8 Å². The number of aliphatic carboxylic acids is 1. The molecule has 1 aromatic heterocycles. The Morgan fingerprint density at radius 1 is 1.47 bits per heavy atom. The quantitative estimate of drug-likeness (QED) is 0.735. The Bertz CT molecular complexity index is 553. The number of hydrogen-bond acceptors (Lipinski definition) is 3. The van der Waals surface area contributed by atoms with Crippen molar-refractivity contribution in [2.24, 2.45) is 0 Å². The van der Waals surface area contributed by atoms with Crippen molar-refractivity contribution in [1.29, 1.82) is 0 Å². The molecule has 0 radical (unpaired) electrons. The Labute approximate surface area is 97.4 Å². The van der Waals surface area contributed by atoms with Gasteiger partial charge in [0.25, 0.3) is 5.56 Å². The van der Waals surface area contributed by atoms with Crippen LogP contribution in [0.1, 0.15) is 13.3 Å².